The van der Waals surface area contributed by atoms with Gasteiger partial charge in [-0.25, -0.2) is 14.8 Å². The Morgan fingerprint density at radius 3 is 2.79 bits per heavy atom. The molecule has 1 amide bonds. The molecule has 1 aromatic carbocycles. The van der Waals surface area contributed by atoms with Crippen LogP contribution in [0, 0.1) is 5.92 Å². The van der Waals surface area contributed by atoms with Gasteiger partial charge in [0, 0.05) is 48.4 Å². The summed E-state index contributed by atoms with van der Waals surface area (Å²) >= 11 is 1.49. The van der Waals surface area contributed by atoms with Gasteiger partial charge in [0.15, 0.2) is 0 Å². The van der Waals surface area contributed by atoms with Gasteiger partial charge in [-0.2, -0.15) is 0 Å². The number of benzene rings is 1. The molecule has 0 atom stereocenters. The van der Waals surface area contributed by atoms with Gasteiger partial charge in [0.05, 0.1) is 23.4 Å². The molecule has 0 aliphatic carbocycles. The normalized spacial score (nSPS) is 14.5. The molecular weight excluding hydrogens is 434 g/mol. The van der Waals surface area contributed by atoms with Crippen LogP contribution in [0.4, 0.5) is 10.6 Å². The highest BCUT2D eigenvalue weighted by Gasteiger charge is 2.25. The van der Waals surface area contributed by atoms with Crippen LogP contribution in [0.15, 0.2) is 65.7 Å². The Labute approximate surface area is 196 Å². The van der Waals surface area contributed by atoms with E-state index in [-0.39, 0.29) is 0 Å². The summed E-state index contributed by atoms with van der Waals surface area (Å²) in [5.74, 6) is 1.30. The van der Waals surface area contributed by atoms with Crippen LogP contribution in [0.2, 0.25) is 0 Å². The lowest BCUT2D eigenvalue weighted by Gasteiger charge is -2.34. The SMILES string of the molecule is O=C(O)N(Cc1cscn1)CC1CCN(c2cccc(-c3cccc4cnccc34)n2)CC1. The number of carboxylic acid groups (broad SMARTS) is 1. The van der Waals surface area contributed by atoms with Crippen molar-refractivity contribution in [2.45, 2.75) is 19.4 Å². The molecule has 3 aromatic heterocycles. The topological polar surface area (TPSA) is 82.5 Å². The molecule has 1 N–H and O–H groups in total. The molecule has 0 unspecified atom stereocenters. The molecule has 8 heteroatoms. The zero-order valence-corrected chi connectivity index (χ0v) is 19.0. The van der Waals surface area contributed by atoms with E-state index in [9.17, 15) is 9.90 Å². The molecule has 0 radical (unpaired) electrons. The molecule has 33 heavy (non-hydrogen) atoms. The Hall–Kier alpha value is -3.52. The molecule has 7 nitrogen and oxygen atoms in total. The van der Waals surface area contributed by atoms with E-state index in [4.69, 9.17) is 4.98 Å². The standard InChI is InChI=1S/C25H25N5O2S/c31-25(32)30(15-20-16-33-17-27-20)14-18-8-11-29(12-9-18)24-6-2-5-23(28-24)22-4-1-3-19-13-26-10-7-21(19)22/h1-7,10,13,16-18H,8-9,11-12,14-15H2,(H,31,32). The molecule has 4 heterocycles. The van der Waals surface area contributed by atoms with Crippen molar-refractivity contribution in [2.24, 2.45) is 5.92 Å². The van der Waals surface area contributed by atoms with Gasteiger partial charge in [-0.05, 0) is 42.3 Å². The van der Waals surface area contributed by atoms with E-state index in [0.29, 0.717) is 19.0 Å². The van der Waals surface area contributed by atoms with Crippen LogP contribution in [0.3, 0.4) is 0 Å². The van der Waals surface area contributed by atoms with Crippen molar-refractivity contribution >= 4 is 34.0 Å². The van der Waals surface area contributed by atoms with E-state index in [1.165, 1.54) is 16.2 Å². The second kappa shape index (κ2) is 9.54. The van der Waals surface area contributed by atoms with Crippen molar-refractivity contribution in [1.29, 1.82) is 0 Å². The highest BCUT2D eigenvalue weighted by Crippen LogP contribution is 2.29. The van der Waals surface area contributed by atoms with E-state index in [0.717, 1.165) is 59.5 Å². The Morgan fingerprint density at radius 1 is 1.15 bits per heavy atom. The molecule has 0 saturated carbocycles. The van der Waals surface area contributed by atoms with Crippen molar-refractivity contribution < 1.29 is 9.90 Å². The van der Waals surface area contributed by atoms with Gasteiger partial charge in [-0.15, -0.1) is 11.3 Å². The summed E-state index contributed by atoms with van der Waals surface area (Å²) in [6, 6.07) is 14.4. The lowest BCUT2D eigenvalue weighted by Crippen LogP contribution is -2.40. The summed E-state index contributed by atoms with van der Waals surface area (Å²) in [5.41, 5.74) is 4.60. The van der Waals surface area contributed by atoms with Crippen LogP contribution in [-0.2, 0) is 6.54 Å². The Balaban J connectivity index is 1.26. The Kier molecular flexibility index (Phi) is 6.17. The smallest absolute Gasteiger partial charge is 0.407 e. The third-order valence-electron chi connectivity index (χ3n) is 6.22. The number of anilines is 1. The van der Waals surface area contributed by atoms with E-state index in [1.54, 1.807) is 5.51 Å². The number of piperidine rings is 1. The average Bonchev–Trinajstić information content (AvgIpc) is 3.37. The lowest BCUT2D eigenvalue weighted by atomic mass is 9.96. The van der Waals surface area contributed by atoms with Crippen molar-refractivity contribution in [3.63, 3.8) is 0 Å². The van der Waals surface area contributed by atoms with Crippen LogP contribution in [-0.4, -0.2) is 50.7 Å². The number of carbonyl (C=O) groups is 1. The fourth-order valence-electron chi connectivity index (χ4n) is 4.47. The summed E-state index contributed by atoms with van der Waals surface area (Å²) in [5, 5.41) is 13.8. The maximum absolute atomic E-state index is 11.7. The maximum atomic E-state index is 11.7. The number of fused-ring (bicyclic) bond motifs is 1. The van der Waals surface area contributed by atoms with E-state index >= 15 is 0 Å². The van der Waals surface area contributed by atoms with Gasteiger partial charge in [-0.3, -0.25) is 4.98 Å². The van der Waals surface area contributed by atoms with Gasteiger partial charge in [-0.1, -0.05) is 24.3 Å². The summed E-state index contributed by atoms with van der Waals surface area (Å²) in [7, 11) is 0. The number of thiazole rings is 1. The van der Waals surface area contributed by atoms with Gasteiger partial charge < -0.3 is 14.9 Å². The molecule has 5 rings (SSSR count). The molecule has 1 aliphatic heterocycles. The van der Waals surface area contributed by atoms with Crippen LogP contribution >= 0.6 is 11.3 Å². The first kappa shape index (κ1) is 21.3. The molecule has 168 valence electrons. The quantitative estimate of drug-likeness (QED) is 0.429. The van der Waals surface area contributed by atoms with Crippen LogP contribution in [0.5, 0.6) is 0 Å². The van der Waals surface area contributed by atoms with Crippen molar-refractivity contribution in [1.82, 2.24) is 19.9 Å². The summed E-state index contributed by atoms with van der Waals surface area (Å²) in [6.07, 6.45) is 4.68. The second-order valence-electron chi connectivity index (χ2n) is 8.36. The second-order valence-corrected chi connectivity index (χ2v) is 9.08. The first-order valence-corrected chi connectivity index (χ1v) is 12.0. The zero-order chi connectivity index (χ0) is 22.6. The van der Waals surface area contributed by atoms with Gasteiger partial charge >= 0.3 is 6.09 Å². The lowest BCUT2D eigenvalue weighted by molar-refractivity contribution is 0.129. The maximum Gasteiger partial charge on any atom is 0.407 e. The van der Waals surface area contributed by atoms with Crippen molar-refractivity contribution in [3.8, 4) is 11.3 Å². The molecule has 1 saturated heterocycles. The third-order valence-corrected chi connectivity index (χ3v) is 6.85. The first-order valence-electron chi connectivity index (χ1n) is 11.1. The average molecular weight is 460 g/mol. The third kappa shape index (κ3) is 4.80. The Bertz CT molecular complexity index is 1230. The first-order chi connectivity index (χ1) is 16.2. The number of hydrogen-bond acceptors (Lipinski definition) is 6. The zero-order valence-electron chi connectivity index (χ0n) is 18.2. The fourth-order valence-corrected chi connectivity index (χ4v) is 5.02. The Morgan fingerprint density at radius 2 is 2.00 bits per heavy atom. The van der Waals surface area contributed by atoms with E-state index in [1.807, 2.05) is 29.9 Å². The monoisotopic (exact) mass is 459 g/mol. The number of hydrogen-bond donors (Lipinski definition) is 1. The highest BCUT2D eigenvalue weighted by atomic mass is 32.1. The number of aromatic nitrogens is 3. The van der Waals surface area contributed by atoms with E-state index < -0.39 is 6.09 Å². The fraction of sp³-hybridized carbons (Fsp3) is 0.280. The summed E-state index contributed by atoms with van der Waals surface area (Å²) in [6.45, 7) is 2.62. The summed E-state index contributed by atoms with van der Waals surface area (Å²) in [4.78, 5) is 29.0. The highest BCUT2D eigenvalue weighted by molar-refractivity contribution is 7.07. The molecule has 1 aliphatic rings. The molecule has 0 spiro atoms. The minimum absolute atomic E-state index is 0.338. The largest absolute Gasteiger partial charge is 0.465 e. The molecule has 1 fully saturated rings. The number of nitrogens with zero attached hydrogens (tertiary/aromatic N) is 5. The van der Waals surface area contributed by atoms with Gasteiger partial charge in [0.2, 0.25) is 0 Å². The predicted octanol–water partition coefficient (Wildman–Crippen LogP) is 5.15. The van der Waals surface area contributed by atoms with Crippen LogP contribution in [0.25, 0.3) is 22.0 Å². The molecule has 0 bridgehead atoms. The number of pyridine rings is 2. The van der Waals surface area contributed by atoms with E-state index in [2.05, 4.69) is 45.2 Å². The summed E-state index contributed by atoms with van der Waals surface area (Å²) < 4.78 is 0. The molecule has 4 aromatic rings. The van der Waals surface area contributed by atoms with Crippen molar-refractivity contribution in [3.05, 3.63) is 71.4 Å². The number of amides is 1. The molecular formula is C25H25N5O2S. The minimum Gasteiger partial charge on any atom is -0.465 e. The van der Waals surface area contributed by atoms with Crippen LogP contribution < -0.4 is 4.90 Å². The van der Waals surface area contributed by atoms with Crippen molar-refractivity contribution in [2.75, 3.05) is 24.5 Å². The van der Waals surface area contributed by atoms with Crippen LogP contribution in [0.1, 0.15) is 18.5 Å². The predicted molar refractivity (Wildman–Crippen MR) is 130 cm³/mol. The van der Waals surface area contributed by atoms with Gasteiger partial charge in [0.1, 0.15) is 5.82 Å². The number of rotatable bonds is 6. The van der Waals surface area contributed by atoms with Gasteiger partial charge in [0.25, 0.3) is 0 Å². The minimum atomic E-state index is -0.884.